The van der Waals surface area contributed by atoms with Gasteiger partial charge in [0.25, 0.3) is 0 Å². The van der Waals surface area contributed by atoms with Gasteiger partial charge in [-0.2, -0.15) is 0 Å². The van der Waals surface area contributed by atoms with Gasteiger partial charge in [0.1, 0.15) is 24.3 Å². The molecule has 3 aromatic rings. The predicted molar refractivity (Wildman–Crippen MR) is 144 cm³/mol. The smallest absolute Gasteiger partial charge is 0.166 e. The maximum absolute atomic E-state index is 13.1. The van der Waals surface area contributed by atoms with Gasteiger partial charge in [0.2, 0.25) is 0 Å². The lowest BCUT2D eigenvalue weighted by molar-refractivity contribution is 0.0655. The van der Waals surface area contributed by atoms with Crippen molar-refractivity contribution in [1.29, 1.82) is 0 Å². The number of carbonyl (C=O) groups excluding carboxylic acids is 1. The molecule has 36 heavy (non-hydrogen) atoms. The van der Waals surface area contributed by atoms with Crippen molar-refractivity contribution in [3.8, 4) is 5.75 Å². The van der Waals surface area contributed by atoms with Gasteiger partial charge in [0, 0.05) is 39.1 Å². The number of piperazine rings is 1. The molecule has 1 fully saturated rings. The topological polar surface area (TPSA) is 53.0 Å². The number of ether oxygens (including phenoxy) is 1. The third-order valence-corrected chi connectivity index (χ3v) is 6.53. The number of aliphatic hydroxyl groups excluding tert-OH is 1. The van der Waals surface area contributed by atoms with Crippen LogP contribution in [-0.4, -0.2) is 61.2 Å². The van der Waals surface area contributed by atoms with Crippen molar-refractivity contribution < 1.29 is 19.0 Å². The molecule has 4 rings (SSSR count). The fourth-order valence-corrected chi connectivity index (χ4v) is 4.54. The van der Waals surface area contributed by atoms with Crippen LogP contribution in [-0.2, 0) is 6.42 Å². The molecule has 1 aliphatic rings. The average molecular weight is 533 g/mol. The molecule has 1 atom stereocenters. The maximum Gasteiger partial charge on any atom is 0.166 e. The summed E-state index contributed by atoms with van der Waals surface area (Å²) in [6, 6.07) is 21.1. The molecular formula is C28H31Cl2FN2O3. The molecule has 1 heterocycles. The second kappa shape index (κ2) is 13.6. The Morgan fingerprint density at radius 1 is 0.972 bits per heavy atom. The van der Waals surface area contributed by atoms with Gasteiger partial charge >= 0.3 is 0 Å². The van der Waals surface area contributed by atoms with Gasteiger partial charge in [-0.25, -0.2) is 4.39 Å². The number of rotatable bonds is 10. The molecule has 0 saturated carbocycles. The fourth-order valence-electron chi connectivity index (χ4n) is 4.28. The molecule has 0 aliphatic carbocycles. The summed E-state index contributed by atoms with van der Waals surface area (Å²) in [4.78, 5) is 17.3. The minimum Gasteiger partial charge on any atom is -0.490 e. The Morgan fingerprint density at radius 2 is 1.64 bits per heavy atom. The van der Waals surface area contributed by atoms with Gasteiger partial charge in [-0.1, -0.05) is 48.0 Å². The van der Waals surface area contributed by atoms with E-state index < -0.39 is 6.10 Å². The van der Waals surface area contributed by atoms with Gasteiger partial charge in [0.05, 0.1) is 16.3 Å². The Kier molecular flexibility index (Phi) is 10.6. The summed E-state index contributed by atoms with van der Waals surface area (Å²) in [6.07, 6.45) is 0.143. The number of hydrogen-bond donors (Lipinski definition) is 1. The fraction of sp³-hybridized carbons (Fsp3) is 0.321. The first-order chi connectivity index (χ1) is 17.0. The number of nitrogens with zero attached hydrogens (tertiary/aromatic N) is 2. The number of anilines is 1. The van der Waals surface area contributed by atoms with Gasteiger partial charge in [0.15, 0.2) is 5.78 Å². The van der Waals surface area contributed by atoms with Crippen molar-refractivity contribution in [3.63, 3.8) is 0 Å². The Bertz CT molecular complexity index is 1120. The van der Waals surface area contributed by atoms with Crippen molar-refractivity contribution in [2.45, 2.75) is 18.9 Å². The van der Waals surface area contributed by atoms with E-state index >= 15 is 0 Å². The molecule has 0 aromatic heterocycles. The van der Waals surface area contributed by atoms with Crippen molar-refractivity contribution in [2.24, 2.45) is 0 Å². The molecule has 0 radical (unpaired) electrons. The molecule has 1 saturated heterocycles. The maximum atomic E-state index is 13.1. The largest absolute Gasteiger partial charge is 0.490 e. The normalized spacial score (nSPS) is 14.7. The molecule has 3 aromatic carbocycles. The van der Waals surface area contributed by atoms with E-state index in [1.807, 2.05) is 30.3 Å². The van der Waals surface area contributed by atoms with Crippen LogP contribution >= 0.6 is 24.0 Å². The van der Waals surface area contributed by atoms with E-state index in [-0.39, 0.29) is 30.6 Å². The minimum atomic E-state index is -0.677. The molecule has 8 heteroatoms. The lowest BCUT2D eigenvalue weighted by Crippen LogP contribution is -2.49. The van der Waals surface area contributed by atoms with Crippen molar-refractivity contribution >= 4 is 35.5 Å². The number of carbonyl (C=O) groups is 1. The number of benzene rings is 3. The molecule has 0 bridgehead atoms. The van der Waals surface area contributed by atoms with Gasteiger partial charge in [-0.15, -0.1) is 12.4 Å². The molecular weight excluding hydrogens is 502 g/mol. The van der Waals surface area contributed by atoms with E-state index in [1.165, 1.54) is 12.1 Å². The molecule has 0 amide bonds. The molecule has 1 unspecified atom stereocenters. The van der Waals surface area contributed by atoms with E-state index in [2.05, 4.69) is 9.80 Å². The molecule has 192 valence electrons. The number of Topliss-reactive ketones (excluding diaryl/α,β-unsaturated/α-hetero) is 1. The first kappa shape index (κ1) is 27.9. The monoisotopic (exact) mass is 532 g/mol. The predicted octanol–water partition coefficient (Wildman–Crippen LogP) is 5.28. The zero-order valence-corrected chi connectivity index (χ0v) is 21.6. The van der Waals surface area contributed by atoms with Crippen molar-refractivity contribution in [3.05, 3.63) is 94.8 Å². The van der Waals surface area contributed by atoms with Crippen molar-refractivity contribution in [1.82, 2.24) is 4.90 Å². The zero-order valence-electron chi connectivity index (χ0n) is 20.0. The lowest BCUT2D eigenvalue weighted by Gasteiger charge is -2.37. The highest BCUT2D eigenvalue weighted by atomic mass is 35.5. The highest BCUT2D eigenvalue weighted by Gasteiger charge is 2.21. The number of hydrogen-bond acceptors (Lipinski definition) is 5. The Hall–Kier alpha value is -2.64. The summed E-state index contributed by atoms with van der Waals surface area (Å²) in [7, 11) is 0. The summed E-state index contributed by atoms with van der Waals surface area (Å²) >= 11 is 6.32. The molecule has 5 nitrogen and oxygen atoms in total. The Labute approximate surface area is 222 Å². The standard InChI is InChI=1S/C28H30ClFN2O3.ClH/c29-25-6-2-3-7-26(25)32-17-15-31(16-18-32)19-23(33)20-35-28-8-4-1-5-24(28)27(34)14-11-21-9-12-22(30)13-10-21;/h1-10,12-13,23,33H,11,14-20H2;1H. The van der Waals surface area contributed by atoms with Crippen LogP contribution in [0.25, 0.3) is 0 Å². The number of halogens is 3. The van der Waals surface area contributed by atoms with E-state index in [4.69, 9.17) is 16.3 Å². The quantitative estimate of drug-likeness (QED) is 0.360. The van der Waals surface area contributed by atoms with E-state index in [0.717, 1.165) is 42.5 Å². The molecule has 1 aliphatic heterocycles. The van der Waals surface area contributed by atoms with Crippen molar-refractivity contribution in [2.75, 3.05) is 44.2 Å². The second-order valence-corrected chi connectivity index (χ2v) is 9.16. The summed E-state index contributed by atoms with van der Waals surface area (Å²) < 4.78 is 19.0. The number of ketones is 1. The number of β-amino-alcohol motifs (C(OH)–C–C–N with tert-alkyl or cyclic N) is 1. The SMILES string of the molecule is Cl.O=C(CCc1ccc(F)cc1)c1ccccc1OCC(O)CN1CCN(c2ccccc2Cl)CC1. The van der Waals surface area contributed by atoms with Crippen LogP contribution in [0.4, 0.5) is 10.1 Å². The van der Waals surface area contributed by atoms with E-state index in [1.54, 1.807) is 30.3 Å². The summed E-state index contributed by atoms with van der Waals surface area (Å²) in [5.74, 6) is 0.133. The van der Waals surface area contributed by atoms with Crippen LogP contribution in [0.3, 0.4) is 0 Å². The Morgan fingerprint density at radius 3 is 2.36 bits per heavy atom. The first-order valence-corrected chi connectivity index (χ1v) is 12.3. The van der Waals surface area contributed by atoms with Crippen LogP contribution in [0.15, 0.2) is 72.8 Å². The minimum absolute atomic E-state index is 0. The van der Waals surface area contributed by atoms with Crippen LogP contribution in [0.1, 0.15) is 22.3 Å². The molecule has 1 N–H and O–H groups in total. The third kappa shape index (κ3) is 7.68. The lowest BCUT2D eigenvalue weighted by atomic mass is 10.0. The third-order valence-electron chi connectivity index (χ3n) is 6.21. The second-order valence-electron chi connectivity index (χ2n) is 8.75. The summed E-state index contributed by atoms with van der Waals surface area (Å²) in [5, 5.41) is 11.3. The van der Waals surface area contributed by atoms with Crippen LogP contribution in [0.2, 0.25) is 5.02 Å². The number of aryl methyl sites for hydroxylation is 1. The molecule has 0 spiro atoms. The summed E-state index contributed by atoms with van der Waals surface area (Å²) in [5.41, 5.74) is 2.44. The van der Waals surface area contributed by atoms with Crippen LogP contribution in [0, 0.1) is 5.82 Å². The number of aliphatic hydroxyl groups is 1. The van der Waals surface area contributed by atoms with E-state index in [0.29, 0.717) is 30.7 Å². The van der Waals surface area contributed by atoms with Gasteiger partial charge in [-0.3, -0.25) is 9.69 Å². The highest BCUT2D eigenvalue weighted by molar-refractivity contribution is 6.33. The number of para-hydroxylation sites is 2. The zero-order chi connectivity index (χ0) is 24.6. The van der Waals surface area contributed by atoms with Gasteiger partial charge in [-0.05, 0) is 48.4 Å². The van der Waals surface area contributed by atoms with Gasteiger partial charge < -0.3 is 14.7 Å². The van der Waals surface area contributed by atoms with Crippen LogP contribution < -0.4 is 9.64 Å². The Balaban J connectivity index is 0.00000361. The van der Waals surface area contributed by atoms with Crippen LogP contribution in [0.5, 0.6) is 5.75 Å². The highest BCUT2D eigenvalue weighted by Crippen LogP contribution is 2.26. The first-order valence-electron chi connectivity index (χ1n) is 11.9. The average Bonchev–Trinajstić information content (AvgIpc) is 2.88. The van der Waals surface area contributed by atoms with E-state index in [9.17, 15) is 14.3 Å². The summed E-state index contributed by atoms with van der Waals surface area (Å²) in [6.45, 7) is 3.91.